The second-order valence-corrected chi connectivity index (χ2v) is 7.07. The zero-order valence-electron chi connectivity index (χ0n) is 15.7. The van der Waals surface area contributed by atoms with Crippen LogP contribution in [0, 0.1) is 5.92 Å². The molecule has 0 saturated carbocycles. The van der Waals surface area contributed by atoms with Crippen molar-refractivity contribution < 1.29 is 19.4 Å². The van der Waals surface area contributed by atoms with Crippen molar-refractivity contribution in [1.82, 2.24) is 0 Å². The van der Waals surface area contributed by atoms with E-state index in [2.05, 4.69) is 13.0 Å². The van der Waals surface area contributed by atoms with Gasteiger partial charge in [-0.3, -0.25) is 0 Å². The summed E-state index contributed by atoms with van der Waals surface area (Å²) >= 11 is 0. The van der Waals surface area contributed by atoms with E-state index in [4.69, 9.17) is 14.9 Å². The Bertz CT molecular complexity index is 816. The van der Waals surface area contributed by atoms with Gasteiger partial charge in [-0.1, -0.05) is 37.3 Å². The lowest BCUT2D eigenvalue weighted by Gasteiger charge is -2.31. The zero-order chi connectivity index (χ0) is 19.4. The number of benzene rings is 1. The molecule has 1 aliphatic carbocycles. The SMILES string of the molecule is COc1coc2cc(C(C)C(Cc3ccccc3)C(O)C(N)CO)cc-2c1. The van der Waals surface area contributed by atoms with E-state index in [1.54, 1.807) is 13.4 Å². The van der Waals surface area contributed by atoms with Crippen molar-refractivity contribution in [3.8, 4) is 17.1 Å². The molecule has 1 aromatic rings. The monoisotopic (exact) mass is 369 g/mol. The van der Waals surface area contributed by atoms with Crippen molar-refractivity contribution in [3.05, 3.63) is 65.9 Å². The van der Waals surface area contributed by atoms with Crippen molar-refractivity contribution in [3.63, 3.8) is 0 Å². The second-order valence-electron chi connectivity index (χ2n) is 7.07. The molecular weight excluding hydrogens is 342 g/mol. The quantitative estimate of drug-likeness (QED) is 0.568. The maximum absolute atomic E-state index is 10.8. The van der Waals surface area contributed by atoms with E-state index in [0.29, 0.717) is 12.2 Å². The highest BCUT2D eigenvalue weighted by Crippen LogP contribution is 2.37. The third-order valence-electron chi connectivity index (χ3n) is 5.31. The van der Waals surface area contributed by atoms with Crippen LogP contribution in [0.15, 0.2) is 59.2 Å². The average Bonchev–Trinajstić information content (AvgIpc) is 3.14. The van der Waals surface area contributed by atoms with E-state index in [9.17, 15) is 10.2 Å². The molecular formula is C22H27NO4. The van der Waals surface area contributed by atoms with Crippen LogP contribution < -0.4 is 10.5 Å². The molecule has 2 aliphatic rings. The molecule has 0 radical (unpaired) electrons. The molecule has 4 N–H and O–H groups in total. The maximum atomic E-state index is 10.8. The highest BCUT2D eigenvalue weighted by atomic mass is 16.5. The summed E-state index contributed by atoms with van der Waals surface area (Å²) in [6.07, 6.45) is 1.42. The van der Waals surface area contributed by atoms with Gasteiger partial charge >= 0.3 is 0 Å². The van der Waals surface area contributed by atoms with Crippen molar-refractivity contribution in [2.24, 2.45) is 11.7 Å². The molecule has 5 heteroatoms. The minimum Gasteiger partial charge on any atom is -0.493 e. The van der Waals surface area contributed by atoms with E-state index in [1.165, 1.54) is 0 Å². The maximum Gasteiger partial charge on any atom is 0.154 e. The molecule has 0 bridgehead atoms. The van der Waals surface area contributed by atoms with E-state index >= 15 is 0 Å². The number of ether oxygens (including phenoxy) is 1. The summed E-state index contributed by atoms with van der Waals surface area (Å²) < 4.78 is 10.9. The molecule has 1 aliphatic heterocycles. The van der Waals surface area contributed by atoms with Crippen LogP contribution in [0.2, 0.25) is 0 Å². The Kier molecular flexibility index (Phi) is 6.16. The number of aliphatic hydroxyl groups excluding tert-OH is 2. The van der Waals surface area contributed by atoms with Gasteiger partial charge in [0.25, 0.3) is 0 Å². The average molecular weight is 369 g/mol. The third kappa shape index (κ3) is 4.33. The van der Waals surface area contributed by atoms with E-state index in [1.807, 2.05) is 42.5 Å². The van der Waals surface area contributed by atoms with Crippen LogP contribution in [0.3, 0.4) is 0 Å². The van der Waals surface area contributed by atoms with Gasteiger partial charge in [-0.2, -0.15) is 0 Å². The first-order valence-corrected chi connectivity index (χ1v) is 9.18. The molecule has 0 saturated heterocycles. The smallest absolute Gasteiger partial charge is 0.154 e. The van der Waals surface area contributed by atoms with Crippen LogP contribution in [0.5, 0.6) is 5.75 Å². The standard InChI is InChI=1S/C22H27NO4/c1-14(16-9-17-10-18(26-2)13-27-21(17)11-16)19(22(25)20(23)12-24)8-15-6-4-3-5-7-15/h3-7,9-11,13-14,19-20,22,24-25H,8,12,23H2,1-2H3. The highest BCUT2D eigenvalue weighted by molar-refractivity contribution is 5.65. The Morgan fingerprint density at radius 1 is 1.15 bits per heavy atom. The van der Waals surface area contributed by atoms with Crippen LogP contribution in [0.25, 0.3) is 11.3 Å². The number of hydrogen-bond donors (Lipinski definition) is 3. The Balaban J connectivity index is 1.92. The first kappa shape index (κ1) is 19.4. The van der Waals surface area contributed by atoms with Crippen LogP contribution >= 0.6 is 0 Å². The first-order valence-electron chi connectivity index (χ1n) is 9.18. The fourth-order valence-electron chi connectivity index (χ4n) is 3.57. The van der Waals surface area contributed by atoms with Gasteiger partial charge in [0.2, 0.25) is 0 Å². The molecule has 4 atom stereocenters. The lowest BCUT2D eigenvalue weighted by molar-refractivity contribution is 0.0491. The van der Waals surface area contributed by atoms with Gasteiger partial charge in [-0.15, -0.1) is 0 Å². The zero-order valence-corrected chi connectivity index (χ0v) is 15.7. The molecule has 0 amide bonds. The molecule has 3 rings (SSSR count). The third-order valence-corrected chi connectivity index (χ3v) is 5.31. The second kappa shape index (κ2) is 8.57. The van der Waals surface area contributed by atoms with Gasteiger partial charge < -0.3 is 25.1 Å². The van der Waals surface area contributed by atoms with Gasteiger partial charge in [0.05, 0.1) is 25.9 Å². The van der Waals surface area contributed by atoms with Crippen molar-refractivity contribution in [1.29, 1.82) is 0 Å². The van der Waals surface area contributed by atoms with Crippen molar-refractivity contribution in [2.75, 3.05) is 13.7 Å². The Morgan fingerprint density at radius 3 is 2.56 bits per heavy atom. The normalized spacial score (nSPS) is 16.0. The summed E-state index contributed by atoms with van der Waals surface area (Å²) in [6, 6.07) is 15.3. The Labute approximate surface area is 159 Å². The molecule has 4 unspecified atom stereocenters. The van der Waals surface area contributed by atoms with E-state index < -0.39 is 12.1 Å². The minimum atomic E-state index is -0.824. The van der Waals surface area contributed by atoms with Crippen LogP contribution in [-0.4, -0.2) is 36.1 Å². The van der Waals surface area contributed by atoms with E-state index in [0.717, 1.165) is 22.5 Å². The number of methoxy groups -OCH3 is 1. The van der Waals surface area contributed by atoms with Crippen molar-refractivity contribution in [2.45, 2.75) is 31.4 Å². The minimum absolute atomic E-state index is 0.0198. The van der Waals surface area contributed by atoms with Crippen LogP contribution in [0.1, 0.15) is 24.0 Å². The molecule has 0 spiro atoms. The molecule has 5 nitrogen and oxygen atoms in total. The summed E-state index contributed by atoms with van der Waals surface area (Å²) in [7, 11) is 1.60. The predicted octanol–water partition coefficient (Wildman–Crippen LogP) is 3.04. The number of rotatable bonds is 8. The highest BCUT2D eigenvalue weighted by Gasteiger charge is 2.31. The lowest BCUT2D eigenvalue weighted by atomic mass is 9.78. The fraction of sp³-hybridized carbons (Fsp3) is 0.364. The number of nitrogens with two attached hydrogens (primary N) is 1. The summed E-state index contributed by atoms with van der Waals surface area (Å²) in [6.45, 7) is 1.82. The summed E-state index contributed by atoms with van der Waals surface area (Å²) in [5, 5.41) is 20.2. The van der Waals surface area contributed by atoms with Gasteiger partial charge in [0.1, 0.15) is 12.0 Å². The topological polar surface area (TPSA) is 88.9 Å². The van der Waals surface area contributed by atoms with Crippen LogP contribution in [-0.2, 0) is 6.42 Å². The predicted molar refractivity (Wildman–Crippen MR) is 105 cm³/mol. The van der Waals surface area contributed by atoms with E-state index in [-0.39, 0.29) is 18.4 Å². The Hall–Kier alpha value is -2.34. The number of fused-ring (bicyclic) bond motifs is 1. The number of aliphatic hydroxyl groups is 2. The molecule has 0 aromatic heterocycles. The molecule has 27 heavy (non-hydrogen) atoms. The largest absolute Gasteiger partial charge is 0.493 e. The summed E-state index contributed by atoms with van der Waals surface area (Å²) in [5.74, 6) is 1.31. The summed E-state index contributed by atoms with van der Waals surface area (Å²) in [4.78, 5) is 0. The van der Waals surface area contributed by atoms with Gasteiger partial charge in [0, 0.05) is 5.56 Å². The molecule has 1 aromatic carbocycles. The van der Waals surface area contributed by atoms with Gasteiger partial charge in [-0.05, 0) is 47.6 Å². The first-order chi connectivity index (χ1) is 13.0. The fourth-order valence-corrected chi connectivity index (χ4v) is 3.57. The van der Waals surface area contributed by atoms with Crippen LogP contribution in [0.4, 0.5) is 0 Å². The molecule has 0 fully saturated rings. The summed E-state index contributed by atoms with van der Waals surface area (Å²) in [5.41, 5.74) is 9.11. The Morgan fingerprint density at radius 2 is 1.89 bits per heavy atom. The molecule has 144 valence electrons. The molecule has 1 heterocycles. The lowest BCUT2D eigenvalue weighted by Crippen LogP contribution is -2.44. The number of hydrogen-bond acceptors (Lipinski definition) is 5. The van der Waals surface area contributed by atoms with Gasteiger partial charge in [-0.25, -0.2) is 0 Å². The van der Waals surface area contributed by atoms with Gasteiger partial charge in [0.15, 0.2) is 5.75 Å². The van der Waals surface area contributed by atoms with Crippen molar-refractivity contribution >= 4 is 0 Å².